The second-order valence-corrected chi connectivity index (χ2v) is 8.28. The maximum Gasteiger partial charge on any atom is 0.262 e. The molecule has 0 fully saturated rings. The van der Waals surface area contributed by atoms with Gasteiger partial charge in [-0.05, 0) is 38.1 Å². The maximum absolute atomic E-state index is 12.4. The minimum Gasteiger partial charge on any atom is -0.325 e. The summed E-state index contributed by atoms with van der Waals surface area (Å²) < 4.78 is 27.3. The average molecular weight is 359 g/mol. The van der Waals surface area contributed by atoms with Crippen molar-refractivity contribution in [2.45, 2.75) is 25.7 Å². The van der Waals surface area contributed by atoms with Gasteiger partial charge in [0.25, 0.3) is 10.0 Å². The fraction of sp³-hybridized carbons (Fsp3) is 0.214. The number of rotatable bonds is 4. The number of halogens is 1. The largest absolute Gasteiger partial charge is 0.325 e. The van der Waals surface area contributed by atoms with Crippen LogP contribution in [0.1, 0.15) is 16.7 Å². The lowest BCUT2D eigenvalue weighted by Gasteiger charge is -2.10. The number of carbonyl (C=O) groups is 1. The van der Waals surface area contributed by atoms with E-state index in [1.165, 1.54) is 24.3 Å². The monoisotopic (exact) mass is 358 g/mol. The first-order valence-electron chi connectivity index (χ1n) is 6.36. The molecule has 2 aromatic rings. The smallest absolute Gasteiger partial charge is 0.262 e. The Bertz CT molecular complexity index is 829. The second-order valence-electron chi connectivity index (χ2n) is 4.76. The van der Waals surface area contributed by atoms with Crippen molar-refractivity contribution >= 4 is 50.2 Å². The first-order valence-corrected chi connectivity index (χ1v) is 9.04. The molecule has 1 aromatic carbocycles. The van der Waals surface area contributed by atoms with Gasteiger partial charge in [0.05, 0.1) is 16.4 Å². The van der Waals surface area contributed by atoms with E-state index in [0.29, 0.717) is 11.4 Å². The maximum atomic E-state index is 12.4. The molecule has 118 valence electrons. The molecule has 0 aliphatic rings. The van der Waals surface area contributed by atoms with Crippen molar-refractivity contribution in [3.05, 3.63) is 39.0 Å². The van der Waals surface area contributed by atoms with Gasteiger partial charge in [-0.15, -0.1) is 11.3 Å². The van der Waals surface area contributed by atoms with Crippen molar-refractivity contribution < 1.29 is 13.2 Å². The third-order valence-electron chi connectivity index (χ3n) is 2.82. The molecular weight excluding hydrogens is 344 g/mol. The molecule has 0 atom stereocenters. The van der Waals surface area contributed by atoms with Gasteiger partial charge in [-0.1, -0.05) is 11.6 Å². The van der Waals surface area contributed by atoms with Gasteiger partial charge in [-0.3, -0.25) is 9.52 Å². The summed E-state index contributed by atoms with van der Waals surface area (Å²) in [6.45, 7) is 4.99. The molecule has 0 spiro atoms. The molecule has 0 bridgehead atoms. The highest BCUT2D eigenvalue weighted by Crippen LogP contribution is 2.29. The molecule has 8 heteroatoms. The molecule has 1 heterocycles. The number of carbonyl (C=O) groups excluding carboxylic acids is 1. The van der Waals surface area contributed by atoms with Gasteiger partial charge in [-0.25, -0.2) is 8.42 Å². The number of benzene rings is 1. The first kappa shape index (κ1) is 16.8. The SMILES string of the molecule is CC(=O)Nc1ccc(NS(=O)(=O)c2cc(C)sc2C)cc1Cl. The highest BCUT2D eigenvalue weighted by molar-refractivity contribution is 7.93. The second kappa shape index (κ2) is 6.28. The molecule has 2 N–H and O–H groups in total. The molecule has 5 nitrogen and oxygen atoms in total. The van der Waals surface area contributed by atoms with Crippen molar-refractivity contribution in [3.8, 4) is 0 Å². The summed E-state index contributed by atoms with van der Waals surface area (Å²) >= 11 is 7.46. The van der Waals surface area contributed by atoms with E-state index in [9.17, 15) is 13.2 Å². The number of anilines is 2. The number of thiophene rings is 1. The fourth-order valence-electron chi connectivity index (χ4n) is 1.95. The van der Waals surface area contributed by atoms with Crippen LogP contribution in [-0.2, 0) is 14.8 Å². The van der Waals surface area contributed by atoms with E-state index >= 15 is 0 Å². The lowest BCUT2D eigenvalue weighted by molar-refractivity contribution is -0.114. The van der Waals surface area contributed by atoms with Crippen LogP contribution >= 0.6 is 22.9 Å². The molecule has 1 aromatic heterocycles. The van der Waals surface area contributed by atoms with E-state index < -0.39 is 10.0 Å². The third-order valence-corrected chi connectivity index (χ3v) is 5.73. The first-order chi connectivity index (χ1) is 10.2. The van der Waals surface area contributed by atoms with Crippen LogP contribution in [0.25, 0.3) is 0 Å². The summed E-state index contributed by atoms with van der Waals surface area (Å²) in [7, 11) is -3.66. The van der Waals surface area contributed by atoms with Crippen molar-refractivity contribution in [1.29, 1.82) is 0 Å². The Morgan fingerprint density at radius 2 is 1.91 bits per heavy atom. The molecule has 1 amide bonds. The number of hydrogen-bond acceptors (Lipinski definition) is 4. The van der Waals surface area contributed by atoms with E-state index in [4.69, 9.17) is 11.6 Å². The highest BCUT2D eigenvalue weighted by atomic mass is 35.5. The topological polar surface area (TPSA) is 75.3 Å². The van der Waals surface area contributed by atoms with Gasteiger partial charge in [0.15, 0.2) is 0 Å². The van der Waals surface area contributed by atoms with E-state index in [1.807, 2.05) is 6.92 Å². The molecule has 0 unspecified atom stereocenters. The van der Waals surface area contributed by atoms with Gasteiger partial charge in [0, 0.05) is 16.7 Å². The van der Waals surface area contributed by atoms with E-state index in [2.05, 4.69) is 10.0 Å². The zero-order chi connectivity index (χ0) is 16.5. The Balaban J connectivity index is 2.29. The van der Waals surface area contributed by atoms with Crippen molar-refractivity contribution in [2.24, 2.45) is 0 Å². The van der Waals surface area contributed by atoms with Crippen molar-refractivity contribution in [1.82, 2.24) is 0 Å². The molecule has 0 aliphatic carbocycles. The number of nitrogens with one attached hydrogen (secondary N) is 2. The Kier molecular flexibility index (Phi) is 4.79. The van der Waals surface area contributed by atoms with Crippen LogP contribution in [0.2, 0.25) is 5.02 Å². The van der Waals surface area contributed by atoms with Gasteiger partial charge >= 0.3 is 0 Å². The fourth-order valence-corrected chi connectivity index (χ4v) is 4.79. The Hall–Kier alpha value is -1.57. The molecule has 2 rings (SSSR count). The average Bonchev–Trinajstić information content (AvgIpc) is 2.72. The van der Waals surface area contributed by atoms with E-state index in [1.54, 1.807) is 25.1 Å². The van der Waals surface area contributed by atoms with E-state index in [0.717, 1.165) is 9.75 Å². The third kappa shape index (κ3) is 3.79. The minimum atomic E-state index is -3.66. The van der Waals surface area contributed by atoms with Crippen LogP contribution < -0.4 is 10.0 Å². The highest BCUT2D eigenvalue weighted by Gasteiger charge is 2.19. The van der Waals surface area contributed by atoms with E-state index in [-0.39, 0.29) is 15.8 Å². The van der Waals surface area contributed by atoms with Crippen LogP contribution in [0.3, 0.4) is 0 Å². The molecule has 0 aliphatic heterocycles. The quantitative estimate of drug-likeness (QED) is 0.873. The van der Waals surface area contributed by atoms with Gasteiger partial charge in [0.2, 0.25) is 5.91 Å². The Morgan fingerprint density at radius 1 is 1.23 bits per heavy atom. The minimum absolute atomic E-state index is 0.250. The standard InChI is InChI=1S/C14H15ClN2O3S2/c1-8-6-14(9(2)21-8)22(19,20)17-11-4-5-13(12(15)7-11)16-10(3)18/h4-7,17H,1-3H3,(H,16,18). The number of sulfonamides is 1. The zero-order valence-electron chi connectivity index (χ0n) is 12.2. The lowest BCUT2D eigenvalue weighted by Crippen LogP contribution is -2.13. The molecule has 22 heavy (non-hydrogen) atoms. The van der Waals surface area contributed by atoms with Gasteiger partial charge in [-0.2, -0.15) is 0 Å². The summed E-state index contributed by atoms with van der Waals surface area (Å²) in [6.07, 6.45) is 0. The molecule has 0 saturated heterocycles. The summed E-state index contributed by atoms with van der Waals surface area (Å²) in [5.41, 5.74) is 0.766. The summed E-state index contributed by atoms with van der Waals surface area (Å²) in [4.78, 5) is 12.9. The van der Waals surface area contributed by atoms with Crippen LogP contribution in [-0.4, -0.2) is 14.3 Å². The normalized spacial score (nSPS) is 11.3. The predicted molar refractivity (Wildman–Crippen MR) is 90.4 cm³/mol. The predicted octanol–water partition coefficient (Wildman–Crippen LogP) is 3.78. The van der Waals surface area contributed by atoms with Gasteiger partial charge < -0.3 is 5.32 Å². The van der Waals surface area contributed by atoms with Crippen LogP contribution in [0.15, 0.2) is 29.2 Å². The Morgan fingerprint density at radius 3 is 2.41 bits per heavy atom. The zero-order valence-corrected chi connectivity index (χ0v) is 14.6. The molecular formula is C14H15ClN2O3S2. The summed E-state index contributed by atoms with van der Waals surface area (Å²) in [5.74, 6) is -0.250. The lowest BCUT2D eigenvalue weighted by atomic mass is 10.3. The number of hydrogen-bond donors (Lipinski definition) is 2. The summed E-state index contributed by atoms with van der Waals surface area (Å²) in [6, 6.07) is 6.19. The van der Waals surface area contributed by atoms with Gasteiger partial charge in [0.1, 0.15) is 4.90 Å². The van der Waals surface area contributed by atoms with Crippen LogP contribution in [0.5, 0.6) is 0 Å². The van der Waals surface area contributed by atoms with Crippen molar-refractivity contribution in [3.63, 3.8) is 0 Å². The van der Waals surface area contributed by atoms with Crippen LogP contribution in [0, 0.1) is 13.8 Å². The molecule has 0 radical (unpaired) electrons. The number of aryl methyl sites for hydroxylation is 2. The summed E-state index contributed by atoms with van der Waals surface area (Å²) in [5, 5.41) is 2.82. The number of amides is 1. The van der Waals surface area contributed by atoms with Crippen LogP contribution in [0.4, 0.5) is 11.4 Å². The Labute approximate surface area is 138 Å². The van der Waals surface area contributed by atoms with Crippen molar-refractivity contribution in [2.75, 3.05) is 10.0 Å². The molecule has 0 saturated carbocycles.